The zero-order valence-electron chi connectivity index (χ0n) is 25.1. The largest absolute Gasteiger partial charge is 0.508 e. The van der Waals surface area contributed by atoms with E-state index in [0.717, 1.165) is 36.0 Å². The summed E-state index contributed by atoms with van der Waals surface area (Å²) in [5.41, 5.74) is 2.39. The standard InChI is InChI=1S/C35H41N3O5/c1-5-24-13-9-14-27(21-24)31(32(40)36-23-26-11-7-6-8-12-26)38(28-15-10-16-28)33(41)30(37-34(42)43-35(2,3)4)22-25-17-19-29(39)20-18-25/h5-9,11-14,17-21,28,30-31,39H,1,10,15-16,22-23H2,2-4H3,(H,36,40)(H,37,42). The molecule has 3 N–H and O–H groups in total. The van der Waals surface area contributed by atoms with Crippen LogP contribution in [0.15, 0.2) is 85.4 Å². The number of ether oxygens (including phenoxy) is 1. The van der Waals surface area contributed by atoms with Crippen molar-refractivity contribution in [3.63, 3.8) is 0 Å². The van der Waals surface area contributed by atoms with Gasteiger partial charge in [-0.15, -0.1) is 0 Å². The predicted octanol–water partition coefficient (Wildman–Crippen LogP) is 5.91. The van der Waals surface area contributed by atoms with Crippen LogP contribution in [0.25, 0.3) is 6.08 Å². The monoisotopic (exact) mass is 583 g/mol. The highest BCUT2D eigenvalue weighted by atomic mass is 16.6. The molecule has 8 heteroatoms. The van der Waals surface area contributed by atoms with Crippen LogP contribution in [0, 0.1) is 0 Å². The molecule has 0 saturated heterocycles. The van der Waals surface area contributed by atoms with E-state index in [2.05, 4.69) is 17.2 Å². The van der Waals surface area contributed by atoms with Crippen molar-refractivity contribution in [3.05, 3.63) is 108 Å². The number of nitrogens with one attached hydrogen (secondary N) is 2. The summed E-state index contributed by atoms with van der Waals surface area (Å²) >= 11 is 0. The fraction of sp³-hybridized carbons (Fsp3) is 0.343. The number of amides is 3. The van der Waals surface area contributed by atoms with Crippen molar-refractivity contribution in [2.24, 2.45) is 0 Å². The van der Waals surface area contributed by atoms with Gasteiger partial charge in [-0.2, -0.15) is 0 Å². The molecule has 3 amide bonds. The summed E-state index contributed by atoms with van der Waals surface area (Å²) in [6.07, 6.45) is 3.54. The molecule has 1 aliphatic rings. The maximum Gasteiger partial charge on any atom is 0.408 e. The lowest BCUT2D eigenvalue weighted by Gasteiger charge is -2.43. The van der Waals surface area contributed by atoms with Crippen LogP contribution in [0.5, 0.6) is 5.75 Å². The number of phenolic OH excluding ortho intramolecular Hbond substituents is 1. The van der Waals surface area contributed by atoms with Gasteiger partial charge in [-0.05, 0) is 80.5 Å². The number of rotatable bonds is 11. The highest BCUT2D eigenvalue weighted by Crippen LogP contribution is 2.34. The fourth-order valence-corrected chi connectivity index (χ4v) is 5.06. The maximum absolute atomic E-state index is 14.6. The summed E-state index contributed by atoms with van der Waals surface area (Å²) in [6.45, 7) is 9.44. The Bertz CT molecular complexity index is 1410. The van der Waals surface area contributed by atoms with Gasteiger partial charge in [0, 0.05) is 19.0 Å². The third-order valence-electron chi connectivity index (χ3n) is 7.39. The van der Waals surface area contributed by atoms with E-state index in [-0.39, 0.29) is 30.0 Å². The highest BCUT2D eigenvalue weighted by Gasteiger charge is 2.42. The molecule has 4 rings (SSSR count). The predicted molar refractivity (Wildman–Crippen MR) is 167 cm³/mol. The Morgan fingerprint density at radius 1 is 1.00 bits per heavy atom. The van der Waals surface area contributed by atoms with E-state index in [9.17, 15) is 19.5 Å². The van der Waals surface area contributed by atoms with E-state index >= 15 is 0 Å². The van der Waals surface area contributed by atoms with E-state index in [1.807, 2.05) is 54.6 Å². The molecule has 1 fully saturated rings. The van der Waals surface area contributed by atoms with Gasteiger partial charge >= 0.3 is 6.09 Å². The first kappa shape index (κ1) is 31.3. The van der Waals surface area contributed by atoms with Crippen molar-refractivity contribution < 1.29 is 24.2 Å². The Morgan fingerprint density at radius 3 is 2.30 bits per heavy atom. The highest BCUT2D eigenvalue weighted by molar-refractivity contribution is 5.92. The number of benzene rings is 3. The van der Waals surface area contributed by atoms with Crippen LogP contribution >= 0.6 is 0 Å². The summed E-state index contributed by atoms with van der Waals surface area (Å²) in [5, 5.41) is 15.6. The van der Waals surface area contributed by atoms with Crippen molar-refractivity contribution in [1.82, 2.24) is 15.5 Å². The van der Waals surface area contributed by atoms with Crippen LogP contribution in [-0.2, 0) is 27.3 Å². The quantitative estimate of drug-likeness (QED) is 0.260. The molecule has 2 unspecified atom stereocenters. The summed E-state index contributed by atoms with van der Waals surface area (Å²) in [4.78, 5) is 43.3. The van der Waals surface area contributed by atoms with Crippen molar-refractivity contribution >= 4 is 24.0 Å². The average Bonchev–Trinajstić information content (AvgIpc) is 2.95. The van der Waals surface area contributed by atoms with Gasteiger partial charge in [-0.3, -0.25) is 9.59 Å². The average molecular weight is 584 g/mol. The molecule has 43 heavy (non-hydrogen) atoms. The first-order valence-electron chi connectivity index (χ1n) is 14.7. The molecule has 0 aliphatic heterocycles. The smallest absolute Gasteiger partial charge is 0.408 e. The van der Waals surface area contributed by atoms with Gasteiger partial charge in [0.1, 0.15) is 23.4 Å². The van der Waals surface area contributed by atoms with Crippen LogP contribution in [0.4, 0.5) is 4.79 Å². The Balaban J connectivity index is 1.72. The molecule has 226 valence electrons. The zero-order chi connectivity index (χ0) is 31.0. The lowest BCUT2D eigenvalue weighted by Crippen LogP contribution is -2.58. The molecule has 3 aromatic rings. The van der Waals surface area contributed by atoms with E-state index < -0.39 is 23.8 Å². The second kappa shape index (κ2) is 14.1. The summed E-state index contributed by atoms with van der Waals surface area (Å²) in [6, 6.07) is 21.4. The van der Waals surface area contributed by atoms with Gasteiger partial charge in [-0.25, -0.2) is 4.79 Å². The molecule has 2 atom stereocenters. The van der Waals surface area contributed by atoms with Gasteiger partial charge in [0.15, 0.2) is 0 Å². The Labute approximate surface area is 253 Å². The van der Waals surface area contributed by atoms with Crippen LogP contribution in [0.3, 0.4) is 0 Å². The zero-order valence-corrected chi connectivity index (χ0v) is 25.1. The minimum atomic E-state index is -1.02. The van der Waals surface area contributed by atoms with E-state index in [1.165, 1.54) is 12.1 Å². The Kier molecular flexibility index (Phi) is 10.2. The number of hydrogen-bond acceptors (Lipinski definition) is 5. The summed E-state index contributed by atoms with van der Waals surface area (Å²) in [7, 11) is 0. The second-order valence-electron chi connectivity index (χ2n) is 11.9. The molecular formula is C35H41N3O5. The van der Waals surface area contributed by atoms with Gasteiger partial charge in [-0.1, -0.05) is 73.3 Å². The minimum Gasteiger partial charge on any atom is -0.508 e. The van der Waals surface area contributed by atoms with E-state index in [1.54, 1.807) is 43.9 Å². The molecule has 8 nitrogen and oxygen atoms in total. The van der Waals surface area contributed by atoms with Gasteiger partial charge < -0.3 is 25.4 Å². The maximum atomic E-state index is 14.6. The van der Waals surface area contributed by atoms with Crippen molar-refractivity contribution in [1.29, 1.82) is 0 Å². The van der Waals surface area contributed by atoms with E-state index in [4.69, 9.17) is 4.74 Å². The van der Waals surface area contributed by atoms with Gasteiger partial charge in [0.25, 0.3) is 0 Å². The molecule has 1 saturated carbocycles. The summed E-state index contributed by atoms with van der Waals surface area (Å²) < 4.78 is 5.51. The van der Waals surface area contributed by atoms with Crippen molar-refractivity contribution in [3.8, 4) is 5.75 Å². The van der Waals surface area contributed by atoms with Gasteiger partial charge in [0.05, 0.1) is 0 Å². The molecule has 0 spiro atoms. The number of carbonyl (C=O) groups excluding carboxylic acids is 3. The molecule has 1 aliphatic carbocycles. The first-order chi connectivity index (χ1) is 20.5. The van der Waals surface area contributed by atoms with Crippen LogP contribution in [-0.4, -0.2) is 45.6 Å². The topological polar surface area (TPSA) is 108 Å². The summed E-state index contributed by atoms with van der Waals surface area (Å²) in [5.74, 6) is -0.599. The van der Waals surface area contributed by atoms with Crippen molar-refractivity contribution in [2.75, 3.05) is 0 Å². The fourth-order valence-electron chi connectivity index (χ4n) is 5.06. The molecule has 0 bridgehead atoms. The Morgan fingerprint density at radius 2 is 1.70 bits per heavy atom. The number of alkyl carbamates (subject to hydrolysis) is 1. The van der Waals surface area contributed by atoms with Gasteiger partial charge in [0.2, 0.25) is 11.8 Å². The first-order valence-corrected chi connectivity index (χ1v) is 14.7. The Hall–Kier alpha value is -4.59. The van der Waals surface area contributed by atoms with E-state index in [0.29, 0.717) is 12.1 Å². The number of phenols is 1. The number of hydrogen-bond donors (Lipinski definition) is 3. The number of carbonyl (C=O) groups is 3. The van der Waals surface area contributed by atoms with Crippen LogP contribution in [0.2, 0.25) is 0 Å². The molecular weight excluding hydrogens is 542 g/mol. The molecule has 0 radical (unpaired) electrons. The number of aromatic hydroxyl groups is 1. The third kappa shape index (κ3) is 8.70. The molecule has 0 heterocycles. The molecule has 3 aromatic carbocycles. The minimum absolute atomic E-state index is 0.0973. The second-order valence-corrected chi connectivity index (χ2v) is 11.9. The SMILES string of the molecule is C=Cc1cccc(C(C(=O)NCc2ccccc2)N(C(=O)C(Cc2ccc(O)cc2)NC(=O)OC(C)(C)C)C2CCC2)c1. The lowest BCUT2D eigenvalue weighted by molar-refractivity contribution is -0.147. The number of nitrogens with zero attached hydrogens (tertiary/aromatic N) is 1. The third-order valence-corrected chi connectivity index (χ3v) is 7.39. The van der Waals surface area contributed by atoms with Crippen molar-refractivity contribution in [2.45, 2.75) is 76.7 Å². The van der Waals surface area contributed by atoms with Crippen LogP contribution in [0.1, 0.15) is 68.3 Å². The molecule has 0 aromatic heterocycles. The lowest BCUT2D eigenvalue weighted by atomic mass is 9.87. The normalized spacial score (nSPS) is 14.5. The van der Waals surface area contributed by atoms with Crippen LogP contribution < -0.4 is 10.6 Å².